The van der Waals surface area contributed by atoms with Gasteiger partial charge in [-0.05, 0) is 23.3 Å². The molecule has 2 aromatic rings. The van der Waals surface area contributed by atoms with Gasteiger partial charge in [-0.15, -0.1) is 0 Å². The number of carbonyl (C=O) groups excluding carboxylic acids is 1. The fourth-order valence-corrected chi connectivity index (χ4v) is 2.01. The molecule has 0 saturated heterocycles. The summed E-state index contributed by atoms with van der Waals surface area (Å²) < 4.78 is 5.33. The third kappa shape index (κ3) is 2.38. The lowest BCUT2D eigenvalue weighted by Crippen LogP contribution is -2.11. The molecular weight excluding hydrogens is 214 g/mol. The van der Waals surface area contributed by atoms with Gasteiger partial charge in [-0.3, -0.25) is 4.79 Å². The van der Waals surface area contributed by atoms with Gasteiger partial charge >= 0.3 is 0 Å². The average Bonchev–Trinajstić information content (AvgIpc) is 2.35. The first-order chi connectivity index (χ1) is 8.22. The Balaban J connectivity index is 2.50. The van der Waals surface area contributed by atoms with Crippen LogP contribution in [0.15, 0.2) is 36.4 Å². The number of rotatable bonds is 4. The van der Waals surface area contributed by atoms with Crippen LogP contribution in [0.3, 0.4) is 0 Å². The molecule has 17 heavy (non-hydrogen) atoms. The third-order valence-electron chi connectivity index (χ3n) is 2.84. The van der Waals surface area contributed by atoms with Gasteiger partial charge in [-0.1, -0.05) is 30.3 Å². The number of ether oxygens (including phenoxy) is 1. The molecule has 3 heteroatoms. The molecule has 0 aliphatic heterocycles. The molecule has 0 heterocycles. The van der Waals surface area contributed by atoms with Gasteiger partial charge in [0.2, 0.25) is 5.91 Å². The molecule has 0 fully saturated rings. The first-order valence-corrected chi connectivity index (χ1v) is 5.55. The minimum absolute atomic E-state index is 0.292. The van der Waals surface area contributed by atoms with E-state index in [0.29, 0.717) is 12.8 Å². The molecule has 0 unspecified atom stereocenters. The normalized spacial score (nSPS) is 10.4. The van der Waals surface area contributed by atoms with Gasteiger partial charge in [0, 0.05) is 12.0 Å². The molecule has 3 nitrogen and oxygen atoms in total. The van der Waals surface area contributed by atoms with Gasteiger partial charge < -0.3 is 10.5 Å². The number of amides is 1. The Morgan fingerprint density at radius 3 is 2.71 bits per heavy atom. The summed E-state index contributed by atoms with van der Waals surface area (Å²) in [5.74, 6) is 0.518. The molecule has 88 valence electrons. The summed E-state index contributed by atoms with van der Waals surface area (Å²) in [6, 6.07) is 12.0. The van der Waals surface area contributed by atoms with E-state index in [1.54, 1.807) is 7.11 Å². The molecule has 0 bridgehead atoms. The van der Waals surface area contributed by atoms with Gasteiger partial charge in [0.25, 0.3) is 0 Å². The zero-order chi connectivity index (χ0) is 12.3. The molecule has 0 radical (unpaired) electrons. The number of hydrogen-bond donors (Lipinski definition) is 1. The molecule has 0 spiro atoms. The Labute approximate surface area is 100 Å². The molecule has 2 aromatic carbocycles. The summed E-state index contributed by atoms with van der Waals surface area (Å²) in [4.78, 5) is 10.9. The van der Waals surface area contributed by atoms with Crippen molar-refractivity contribution in [2.75, 3.05) is 7.11 Å². The maximum Gasteiger partial charge on any atom is 0.217 e. The zero-order valence-corrected chi connectivity index (χ0v) is 9.77. The van der Waals surface area contributed by atoms with Crippen LogP contribution in [0.1, 0.15) is 12.0 Å². The second-order valence-corrected chi connectivity index (χ2v) is 3.93. The highest BCUT2D eigenvalue weighted by molar-refractivity contribution is 5.88. The van der Waals surface area contributed by atoms with Crippen LogP contribution in [0.25, 0.3) is 10.8 Å². The minimum atomic E-state index is -0.292. The van der Waals surface area contributed by atoms with E-state index in [0.717, 1.165) is 22.1 Å². The average molecular weight is 229 g/mol. The van der Waals surface area contributed by atoms with Crippen molar-refractivity contribution < 1.29 is 9.53 Å². The molecule has 2 rings (SSSR count). The van der Waals surface area contributed by atoms with Crippen molar-refractivity contribution in [1.82, 2.24) is 0 Å². The number of hydrogen-bond acceptors (Lipinski definition) is 2. The van der Waals surface area contributed by atoms with Crippen molar-refractivity contribution in [3.8, 4) is 5.75 Å². The summed E-state index contributed by atoms with van der Waals surface area (Å²) in [5.41, 5.74) is 6.24. The molecule has 0 aliphatic carbocycles. The van der Waals surface area contributed by atoms with Crippen LogP contribution in [-0.2, 0) is 11.2 Å². The molecule has 0 atom stereocenters. The lowest BCUT2D eigenvalue weighted by Gasteiger charge is -2.11. The summed E-state index contributed by atoms with van der Waals surface area (Å²) in [7, 11) is 1.64. The van der Waals surface area contributed by atoms with Crippen LogP contribution in [0.2, 0.25) is 0 Å². The van der Waals surface area contributed by atoms with Crippen LogP contribution in [0.4, 0.5) is 0 Å². The fourth-order valence-electron chi connectivity index (χ4n) is 2.01. The van der Waals surface area contributed by atoms with E-state index in [1.807, 2.05) is 36.4 Å². The first-order valence-electron chi connectivity index (χ1n) is 5.55. The van der Waals surface area contributed by atoms with Crippen molar-refractivity contribution in [1.29, 1.82) is 0 Å². The van der Waals surface area contributed by atoms with E-state index >= 15 is 0 Å². The number of fused-ring (bicyclic) bond motifs is 1. The second kappa shape index (κ2) is 4.87. The minimum Gasteiger partial charge on any atom is -0.496 e. The largest absolute Gasteiger partial charge is 0.496 e. The highest BCUT2D eigenvalue weighted by Gasteiger charge is 2.08. The number of carbonyl (C=O) groups is 1. The Hall–Kier alpha value is -2.03. The van der Waals surface area contributed by atoms with E-state index in [9.17, 15) is 4.79 Å². The van der Waals surface area contributed by atoms with Crippen molar-refractivity contribution in [2.45, 2.75) is 12.8 Å². The maximum atomic E-state index is 10.9. The van der Waals surface area contributed by atoms with E-state index in [1.165, 1.54) is 0 Å². The van der Waals surface area contributed by atoms with E-state index in [-0.39, 0.29) is 5.91 Å². The Morgan fingerprint density at radius 1 is 1.24 bits per heavy atom. The Bertz CT molecular complexity index is 549. The Kier molecular flexibility index (Phi) is 3.28. The van der Waals surface area contributed by atoms with Crippen molar-refractivity contribution in [2.24, 2.45) is 5.73 Å². The smallest absolute Gasteiger partial charge is 0.217 e. The van der Waals surface area contributed by atoms with Gasteiger partial charge in [-0.25, -0.2) is 0 Å². The number of benzene rings is 2. The third-order valence-corrected chi connectivity index (χ3v) is 2.84. The molecule has 1 amide bonds. The predicted octanol–water partition coefficient (Wildman–Crippen LogP) is 2.27. The molecule has 0 aromatic heterocycles. The fraction of sp³-hybridized carbons (Fsp3) is 0.214. The number of aryl methyl sites for hydroxylation is 1. The number of primary amides is 1. The standard InChI is InChI=1S/C14H15NO2/c1-17-13-8-6-10-4-2-3-5-11(10)12(13)7-9-14(15)16/h2-6,8H,7,9H2,1H3,(H2,15,16). The number of nitrogens with two attached hydrogens (primary N) is 1. The summed E-state index contributed by atoms with van der Waals surface area (Å²) >= 11 is 0. The lowest BCUT2D eigenvalue weighted by molar-refractivity contribution is -0.117. The molecule has 0 saturated carbocycles. The zero-order valence-electron chi connectivity index (χ0n) is 9.77. The summed E-state index contributed by atoms with van der Waals surface area (Å²) in [6.45, 7) is 0. The van der Waals surface area contributed by atoms with Gasteiger partial charge in [0.05, 0.1) is 7.11 Å². The summed E-state index contributed by atoms with van der Waals surface area (Å²) in [5, 5.41) is 2.26. The molecule has 0 aliphatic rings. The van der Waals surface area contributed by atoms with Crippen LogP contribution < -0.4 is 10.5 Å². The maximum absolute atomic E-state index is 10.9. The van der Waals surface area contributed by atoms with Gasteiger partial charge in [0.15, 0.2) is 0 Å². The Morgan fingerprint density at radius 2 is 2.00 bits per heavy atom. The van der Waals surface area contributed by atoms with Crippen molar-refractivity contribution in [3.05, 3.63) is 42.0 Å². The van der Waals surface area contributed by atoms with Crippen molar-refractivity contribution in [3.63, 3.8) is 0 Å². The van der Waals surface area contributed by atoms with Crippen LogP contribution >= 0.6 is 0 Å². The van der Waals surface area contributed by atoms with E-state index in [4.69, 9.17) is 10.5 Å². The van der Waals surface area contributed by atoms with Crippen molar-refractivity contribution >= 4 is 16.7 Å². The lowest BCUT2D eigenvalue weighted by atomic mass is 9.99. The van der Waals surface area contributed by atoms with Crippen LogP contribution in [-0.4, -0.2) is 13.0 Å². The number of methoxy groups -OCH3 is 1. The second-order valence-electron chi connectivity index (χ2n) is 3.93. The van der Waals surface area contributed by atoms with Gasteiger partial charge in [-0.2, -0.15) is 0 Å². The predicted molar refractivity (Wildman–Crippen MR) is 68.0 cm³/mol. The van der Waals surface area contributed by atoms with Gasteiger partial charge in [0.1, 0.15) is 5.75 Å². The highest BCUT2D eigenvalue weighted by atomic mass is 16.5. The van der Waals surface area contributed by atoms with E-state index < -0.39 is 0 Å². The topological polar surface area (TPSA) is 52.3 Å². The summed E-state index contributed by atoms with van der Waals surface area (Å²) in [6.07, 6.45) is 0.949. The molecule has 2 N–H and O–H groups in total. The SMILES string of the molecule is COc1ccc2ccccc2c1CCC(N)=O. The first kappa shape index (κ1) is 11.5. The van der Waals surface area contributed by atoms with Crippen LogP contribution in [0, 0.1) is 0 Å². The quantitative estimate of drug-likeness (QED) is 0.874. The molecular formula is C14H15NO2. The monoisotopic (exact) mass is 229 g/mol. The van der Waals surface area contributed by atoms with E-state index in [2.05, 4.69) is 0 Å². The van der Waals surface area contributed by atoms with Crippen LogP contribution in [0.5, 0.6) is 5.75 Å². The highest BCUT2D eigenvalue weighted by Crippen LogP contribution is 2.28.